The highest BCUT2D eigenvalue weighted by Gasteiger charge is 2.23. The molecule has 0 saturated heterocycles. The standard InChI is InChI=1S/C12H13Cl2N3O3/c13-9-5-8(17(19)20)6-10(14)12(9)15-4-3-11(18)16-7-1-2-7/h5-7,15H,1-4H2,(H,16,18). The van der Waals surface area contributed by atoms with E-state index in [4.69, 9.17) is 23.2 Å². The van der Waals surface area contributed by atoms with Gasteiger partial charge in [-0.15, -0.1) is 0 Å². The fourth-order valence-corrected chi connectivity index (χ4v) is 2.27. The van der Waals surface area contributed by atoms with Gasteiger partial charge in [0.2, 0.25) is 5.91 Å². The largest absolute Gasteiger partial charge is 0.382 e. The Morgan fingerprint density at radius 3 is 2.45 bits per heavy atom. The van der Waals surface area contributed by atoms with Crippen LogP contribution in [0.1, 0.15) is 19.3 Å². The van der Waals surface area contributed by atoms with E-state index < -0.39 is 4.92 Å². The normalized spacial score (nSPS) is 13.9. The lowest BCUT2D eigenvalue weighted by Crippen LogP contribution is -2.27. The summed E-state index contributed by atoms with van der Waals surface area (Å²) in [6.45, 7) is 0.357. The van der Waals surface area contributed by atoms with E-state index in [1.54, 1.807) is 0 Å². The first-order valence-electron chi connectivity index (χ1n) is 6.14. The highest BCUT2D eigenvalue weighted by molar-refractivity contribution is 6.39. The summed E-state index contributed by atoms with van der Waals surface area (Å²) in [5.41, 5.74) is 0.232. The smallest absolute Gasteiger partial charge is 0.272 e. The van der Waals surface area contributed by atoms with Crippen LogP contribution in [-0.4, -0.2) is 23.4 Å². The molecule has 0 aromatic heterocycles. The van der Waals surface area contributed by atoms with Crippen molar-refractivity contribution in [2.45, 2.75) is 25.3 Å². The Hall–Kier alpha value is -1.53. The van der Waals surface area contributed by atoms with Gasteiger partial charge in [-0.1, -0.05) is 23.2 Å². The van der Waals surface area contributed by atoms with Crippen LogP contribution in [0.3, 0.4) is 0 Å². The van der Waals surface area contributed by atoms with Crippen LogP contribution in [0, 0.1) is 10.1 Å². The van der Waals surface area contributed by atoms with Crippen molar-refractivity contribution in [1.29, 1.82) is 0 Å². The topological polar surface area (TPSA) is 84.3 Å². The lowest BCUT2D eigenvalue weighted by atomic mass is 10.2. The van der Waals surface area contributed by atoms with E-state index in [9.17, 15) is 14.9 Å². The molecule has 1 aliphatic rings. The fraction of sp³-hybridized carbons (Fsp3) is 0.417. The van der Waals surface area contributed by atoms with Gasteiger partial charge in [-0.25, -0.2) is 0 Å². The van der Waals surface area contributed by atoms with Crippen molar-refractivity contribution in [3.63, 3.8) is 0 Å². The van der Waals surface area contributed by atoms with Crippen molar-refractivity contribution in [3.05, 3.63) is 32.3 Å². The predicted octanol–water partition coefficient (Wildman–Crippen LogP) is 2.98. The summed E-state index contributed by atoms with van der Waals surface area (Å²) in [4.78, 5) is 21.6. The monoisotopic (exact) mass is 317 g/mol. The molecule has 0 spiro atoms. The number of carbonyl (C=O) groups is 1. The number of anilines is 1. The van der Waals surface area contributed by atoms with E-state index in [0.717, 1.165) is 12.8 Å². The van der Waals surface area contributed by atoms with Crippen LogP contribution in [0.15, 0.2) is 12.1 Å². The molecule has 1 saturated carbocycles. The molecule has 0 heterocycles. The van der Waals surface area contributed by atoms with Crippen molar-refractivity contribution in [2.24, 2.45) is 0 Å². The number of hydrogen-bond acceptors (Lipinski definition) is 4. The Morgan fingerprint density at radius 2 is 1.95 bits per heavy atom. The molecule has 0 atom stereocenters. The molecule has 8 heteroatoms. The lowest BCUT2D eigenvalue weighted by molar-refractivity contribution is -0.384. The maximum Gasteiger partial charge on any atom is 0.272 e. The van der Waals surface area contributed by atoms with E-state index in [1.807, 2.05) is 0 Å². The van der Waals surface area contributed by atoms with Crippen molar-refractivity contribution in [1.82, 2.24) is 5.32 Å². The second-order valence-electron chi connectivity index (χ2n) is 4.56. The number of hydrogen-bond donors (Lipinski definition) is 2. The Bertz CT molecular complexity index is 524. The number of carbonyl (C=O) groups excluding carboxylic acids is 1. The highest BCUT2D eigenvalue weighted by Crippen LogP contribution is 2.34. The third-order valence-electron chi connectivity index (χ3n) is 2.83. The second-order valence-corrected chi connectivity index (χ2v) is 5.37. The first kappa shape index (κ1) is 14.9. The van der Waals surface area contributed by atoms with Crippen LogP contribution in [0.4, 0.5) is 11.4 Å². The van der Waals surface area contributed by atoms with Gasteiger partial charge >= 0.3 is 0 Å². The number of non-ortho nitro benzene ring substituents is 1. The number of nitrogens with one attached hydrogen (secondary N) is 2. The minimum absolute atomic E-state index is 0.0332. The molecule has 0 aliphatic heterocycles. The van der Waals surface area contributed by atoms with E-state index in [0.29, 0.717) is 24.7 Å². The molecule has 1 aromatic rings. The Balaban J connectivity index is 1.91. The molecular weight excluding hydrogens is 305 g/mol. The van der Waals surface area contributed by atoms with Gasteiger partial charge in [-0.3, -0.25) is 14.9 Å². The summed E-state index contributed by atoms with van der Waals surface area (Å²) < 4.78 is 0. The Labute approximate surface area is 125 Å². The van der Waals surface area contributed by atoms with Crippen LogP contribution < -0.4 is 10.6 Å². The minimum Gasteiger partial charge on any atom is -0.382 e. The molecule has 0 radical (unpaired) electrons. The molecule has 1 aliphatic carbocycles. The molecule has 0 bridgehead atoms. The molecule has 1 amide bonds. The lowest BCUT2D eigenvalue weighted by Gasteiger charge is -2.10. The van der Waals surface area contributed by atoms with Crippen LogP contribution in [0.5, 0.6) is 0 Å². The van der Waals surface area contributed by atoms with E-state index in [2.05, 4.69) is 10.6 Å². The van der Waals surface area contributed by atoms with Crippen LogP contribution in [-0.2, 0) is 4.79 Å². The molecule has 2 rings (SSSR count). The van der Waals surface area contributed by atoms with Gasteiger partial charge in [0.1, 0.15) is 0 Å². The van der Waals surface area contributed by atoms with Crippen molar-refractivity contribution < 1.29 is 9.72 Å². The zero-order valence-electron chi connectivity index (χ0n) is 10.5. The molecule has 1 fully saturated rings. The fourth-order valence-electron chi connectivity index (χ4n) is 1.66. The van der Waals surface area contributed by atoms with E-state index in [1.165, 1.54) is 12.1 Å². The summed E-state index contributed by atoms with van der Waals surface area (Å²) in [5.74, 6) is -0.0332. The third kappa shape index (κ3) is 3.98. The van der Waals surface area contributed by atoms with Crippen LogP contribution in [0.2, 0.25) is 10.0 Å². The molecule has 0 unspecified atom stereocenters. The zero-order valence-corrected chi connectivity index (χ0v) is 12.0. The molecular formula is C12H13Cl2N3O3. The van der Waals surface area contributed by atoms with Gasteiger partial charge in [0.25, 0.3) is 5.69 Å². The quantitative estimate of drug-likeness (QED) is 0.624. The first-order chi connectivity index (χ1) is 9.47. The average molecular weight is 318 g/mol. The average Bonchev–Trinajstić information content (AvgIpc) is 3.16. The second kappa shape index (κ2) is 6.28. The highest BCUT2D eigenvalue weighted by atomic mass is 35.5. The number of nitrogens with zero attached hydrogens (tertiary/aromatic N) is 1. The minimum atomic E-state index is -0.565. The van der Waals surface area contributed by atoms with E-state index >= 15 is 0 Å². The SMILES string of the molecule is O=C(CCNc1c(Cl)cc([N+](=O)[O-])cc1Cl)NC1CC1. The number of nitro benzene ring substituents is 1. The molecule has 2 N–H and O–H groups in total. The molecule has 108 valence electrons. The predicted molar refractivity (Wildman–Crippen MR) is 77.4 cm³/mol. The summed E-state index contributed by atoms with van der Waals surface area (Å²) in [5, 5.41) is 16.7. The van der Waals surface area contributed by atoms with Gasteiger partial charge in [0.05, 0.1) is 20.7 Å². The van der Waals surface area contributed by atoms with Crippen molar-refractivity contribution in [3.8, 4) is 0 Å². The first-order valence-corrected chi connectivity index (χ1v) is 6.89. The molecule has 6 nitrogen and oxygen atoms in total. The number of halogens is 2. The Kier molecular flexibility index (Phi) is 4.67. The van der Waals surface area contributed by atoms with Gasteiger partial charge in [-0.2, -0.15) is 0 Å². The molecule has 1 aromatic carbocycles. The maximum atomic E-state index is 11.5. The summed E-state index contributed by atoms with van der Waals surface area (Å²) in [6.07, 6.45) is 2.37. The number of amides is 1. The Morgan fingerprint density at radius 1 is 1.35 bits per heavy atom. The summed E-state index contributed by atoms with van der Waals surface area (Å²) in [7, 11) is 0. The summed E-state index contributed by atoms with van der Waals surface area (Å²) >= 11 is 11.9. The van der Waals surface area contributed by atoms with E-state index in [-0.39, 0.29) is 21.6 Å². The van der Waals surface area contributed by atoms with Crippen LogP contribution >= 0.6 is 23.2 Å². The van der Waals surface area contributed by atoms with Gasteiger partial charge < -0.3 is 10.6 Å². The van der Waals surface area contributed by atoms with Crippen LogP contribution in [0.25, 0.3) is 0 Å². The van der Waals surface area contributed by atoms with Crippen molar-refractivity contribution in [2.75, 3.05) is 11.9 Å². The van der Waals surface area contributed by atoms with Gasteiger partial charge in [0, 0.05) is 31.1 Å². The maximum absolute atomic E-state index is 11.5. The number of rotatable bonds is 6. The number of benzene rings is 1. The zero-order chi connectivity index (χ0) is 14.7. The number of nitro groups is 1. The summed E-state index contributed by atoms with van der Waals surface area (Å²) in [6, 6.07) is 2.77. The van der Waals surface area contributed by atoms with Gasteiger partial charge in [-0.05, 0) is 12.8 Å². The third-order valence-corrected chi connectivity index (χ3v) is 3.43. The van der Waals surface area contributed by atoms with Crippen molar-refractivity contribution >= 4 is 40.5 Å². The molecule has 20 heavy (non-hydrogen) atoms. The van der Waals surface area contributed by atoms with Gasteiger partial charge in [0.15, 0.2) is 0 Å².